The number of carbonyl (C=O) groups is 2. The fourth-order valence-electron chi connectivity index (χ4n) is 3.37. The number of benzene rings is 3. The zero-order valence-electron chi connectivity index (χ0n) is 18.4. The third-order valence-electron chi connectivity index (χ3n) is 5.10. The first-order valence-corrected chi connectivity index (χ1v) is 10.5. The standard InChI is InChI=1S/C26H22FN5O2/c1-16-8-9-21(31-25(33)18-5-3-6-19(27)12-18)13-23(16)26(34)32-22-14-29-24(30-15-22)11-17-4-2-7-20(28)10-17/h2-10,12-15H,11,28H2,1H3,(H,31,33)(H,32,34). The van der Waals surface area contributed by atoms with Crippen molar-refractivity contribution in [1.82, 2.24) is 9.97 Å². The number of nitrogens with zero attached hydrogens (tertiary/aromatic N) is 2. The van der Waals surface area contributed by atoms with Crippen LogP contribution in [-0.2, 0) is 6.42 Å². The first-order valence-electron chi connectivity index (χ1n) is 10.5. The Morgan fingerprint density at radius 2 is 1.62 bits per heavy atom. The van der Waals surface area contributed by atoms with Gasteiger partial charge in [0.25, 0.3) is 11.8 Å². The van der Waals surface area contributed by atoms with Gasteiger partial charge in [0, 0.05) is 28.9 Å². The van der Waals surface area contributed by atoms with E-state index < -0.39 is 11.7 Å². The SMILES string of the molecule is Cc1ccc(NC(=O)c2cccc(F)c2)cc1C(=O)Nc1cnc(Cc2cccc(N)c2)nc1. The van der Waals surface area contributed by atoms with Crippen LogP contribution in [0.2, 0.25) is 0 Å². The van der Waals surface area contributed by atoms with Gasteiger partial charge in [-0.15, -0.1) is 0 Å². The first-order chi connectivity index (χ1) is 16.4. The molecule has 0 bridgehead atoms. The van der Waals surface area contributed by atoms with Crippen LogP contribution in [0.1, 0.15) is 37.7 Å². The summed E-state index contributed by atoms with van der Waals surface area (Å²) in [5.41, 5.74) is 9.60. The molecule has 170 valence electrons. The van der Waals surface area contributed by atoms with Crippen molar-refractivity contribution in [3.8, 4) is 0 Å². The largest absolute Gasteiger partial charge is 0.399 e. The third-order valence-corrected chi connectivity index (χ3v) is 5.10. The van der Waals surface area contributed by atoms with Gasteiger partial charge in [-0.3, -0.25) is 9.59 Å². The molecule has 0 unspecified atom stereocenters. The topological polar surface area (TPSA) is 110 Å². The zero-order chi connectivity index (χ0) is 24.1. The van der Waals surface area contributed by atoms with E-state index in [4.69, 9.17) is 5.73 Å². The maximum atomic E-state index is 13.4. The summed E-state index contributed by atoms with van der Waals surface area (Å²) in [5.74, 6) is -0.745. The summed E-state index contributed by atoms with van der Waals surface area (Å²) in [6, 6.07) is 17.8. The summed E-state index contributed by atoms with van der Waals surface area (Å²) < 4.78 is 13.4. The molecular weight excluding hydrogens is 433 g/mol. The number of nitrogens with one attached hydrogen (secondary N) is 2. The number of halogens is 1. The van der Waals surface area contributed by atoms with Crippen molar-refractivity contribution < 1.29 is 14.0 Å². The Bertz CT molecular complexity index is 1360. The van der Waals surface area contributed by atoms with Gasteiger partial charge in [0.2, 0.25) is 0 Å². The van der Waals surface area contributed by atoms with Crippen molar-refractivity contribution in [2.45, 2.75) is 13.3 Å². The normalized spacial score (nSPS) is 10.5. The van der Waals surface area contributed by atoms with Crippen molar-refractivity contribution in [2.24, 2.45) is 0 Å². The monoisotopic (exact) mass is 455 g/mol. The van der Waals surface area contributed by atoms with Crippen LogP contribution in [0, 0.1) is 12.7 Å². The minimum Gasteiger partial charge on any atom is -0.399 e. The quantitative estimate of drug-likeness (QED) is 0.368. The molecule has 4 N–H and O–H groups in total. The molecule has 1 heterocycles. The van der Waals surface area contributed by atoms with Crippen molar-refractivity contribution >= 4 is 28.9 Å². The highest BCUT2D eigenvalue weighted by atomic mass is 19.1. The lowest BCUT2D eigenvalue weighted by Crippen LogP contribution is -2.16. The van der Waals surface area contributed by atoms with Crippen molar-refractivity contribution in [3.63, 3.8) is 0 Å². The number of aromatic nitrogens is 2. The Balaban J connectivity index is 1.44. The summed E-state index contributed by atoms with van der Waals surface area (Å²) in [7, 11) is 0. The van der Waals surface area contributed by atoms with E-state index in [1.54, 1.807) is 25.1 Å². The second-order valence-electron chi connectivity index (χ2n) is 7.76. The number of hydrogen-bond donors (Lipinski definition) is 3. The van der Waals surface area contributed by atoms with Crippen LogP contribution in [0.3, 0.4) is 0 Å². The number of nitrogens with two attached hydrogens (primary N) is 1. The van der Waals surface area contributed by atoms with Crippen molar-refractivity contribution in [3.05, 3.63) is 113 Å². The molecule has 7 nitrogen and oxygen atoms in total. The maximum Gasteiger partial charge on any atom is 0.256 e. The Morgan fingerprint density at radius 1 is 0.882 bits per heavy atom. The van der Waals surface area contributed by atoms with Crippen LogP contribution in [0.5, 0.6) is 0 Å². The molecule has 34 heavy (non-hydrogen) atoms. The molecule has 4 aromatic rings. The lowest BCUT2D eigenvalue weighted by Gasteiger charge is -2.11. The predicted octanol–water partition coefficient (Wildman–Crippen LogP) is 4.60. The summed E-state index contributed by atoms with van der Waals surface area (Å²) >= 11 is 0. The summed E-state index contributed by atoms with van der Waals surface area (Å²) in [6.07, 6.45) is 3.60. The van der Waals surface area contributed by atoms with Crippen LogP contribution in [0.25, 0.3) is 0 Å². The highest BCUT2D eigenvalue weighted by Crippen LogP contribution is 2.19. The van der Waals surface area contributed by atoms with Gasteiger partial charge in [0.1, 0.15) is 11.6 Å². The van der Waals surface area contributed by atoms with Gasteiger partial charge in [-0.2, -0.15) is 0 Å². The maximum absolute atomic E-state index is 13.4. The van der Waals surface area contributed by atoms with Gasteiger partial charge in [-0.25, -0.2) is 14.4 Å². The molecule has 0 aliphatic carbocycles. The van der Waals surface area contributed by atoms with Crippen LogP contribution in [0.4, 0.5) is 21.5 Å². The number of anilines is 3. The Kier molecular flexibility index (Phi) is 6.59. The highest BCUT2D eigenvalue weighted by Gasteiger charge is 2.13. The van der Waals surface area contributed by atoms with Crippen LogP contribution < -0.4 is 16.4 Å². The minimum absolute atomic E-state index is 0.182. The third kappa shape index (κ3) is 5.60. The molecule has 0 spiro atoms. The number of rotatable bonds is 6. The fraction of sp³-hybridized carbons (Fsp3) is 0.0769. The smallest absolute Gasteiger partial charge is 0.256 e. The Morgan fingerprint density at radius 3 is 2.35 bits per heavy atom. The lowest BCUT2D eigenvalue weighted by atomic mass is 10.1. The molecule has 0 aliphatic rings. The molecule has 1 aromatic heterocycles. The molecule has 0 aliphatic heterocycles. The molecule has 0 fully saturated rings. The van der Waals surface area contributed by atoms with Gasteiger partial charge in [0.15, 0.2) is 0 Å². The van der Waals surface area contributed by atoms with E-state index in [9.17, 15) is 14.0 Å². The molecule has 0 saturated carbocycles. The van der Waals surface area contributed by atoms with Gasteiger partial charge < -0.3 is 16.4 Å². The van der Waals surface area contributed by atoms with E-state index in [1.165, 1.54) is 30.6 Å². The van der Waals surface area contributed by atoms with Crippen LogP contribution in [-0.4, -0.2) is 21.8 Å². The van der Waals surface area contributed by atoms with E-state index in [2.05, 4.69) is 20.6 Å². The van der Waals surface area contributed by atoms with E-state index in [-0.39, 0.29) is 11.5 Å². The van der Waals surface area contributed by atoms with Crippen LogP contribution >= 0.6 is 0 Å². The summed E-state index contributed by atoms with van der Waals surface area (Å²) in [4.78, 5) is 33.9. The molecule has 0 radical (unpaired) electrons. The summed E-state index contributed by atoms with van der Waals surface area (Å²) in [5, 5.41) is 5.46. The second kappa shape index (κ2) is 9.91. The van der Waals surface area contributed by atoms with Gasteiger partial charge >= 0.3 is 0 Å². The molecule has 4 rings (SSSR count). The minimum atomic E-state index is -0.502. The average molecular weight is 455 g/mol. The second-order valence-corrected chi connectivity index (χ2v) is 7.76. The van der Waals surface area contributed by atoms with E-state index in [0.717, 1.165) is 17.2 Å². The molecule has 0 atom stereocenters. The van der Waals surface area contributed by atoms with Crippen LogP contribution in [0.15, 0.2) is 79.1 Å². The molecule has 8 heteroatoms. The summed E-state index contributed by atoms with van der Waals surface area (Å²) in [6.45, 7) is 1.79. The van der Waals surface area contributed by atoms with E-state index in [1.807, 2.05) is 24.3 Å². The van der Waals surface area contributed by atoms with E-state index in [0.29, 0.717) is 34.9 Å². The molecule has 3 aromatic carbocycles. The zero-order valence-corrected chi connectivity index (χ0v) is 18.4. The van der Waals surface area contributed by atoms with Gasteiger partial charge in [0.05, 0.1) is 18.1 Å². The molecular formula is C26H22FN5O2. The number of carbonyl (C=O) groups excluding carboxylic acids is 2. The van der Waals surface area contributed by atoms with Gasteiger partial charge in [-0.1, -0.05) is 24.3 Å². The molecule has 2 amide bonds. The number of nitrogen functional groups attached to an aromatic ring is 1. The Hall–Kier alpha value is -4.59. The number of hydrogen-bond acceptors (Lipinski definition) is 5. The first kappa shape index (κ1) is 22.6. The molecule has 0 saturated heterocycles. The number of aryl methyl sites for hydroxylation is 1. The highest BCUT2D eigenvalue weighted by molar-refractivity contribution is 6.08. The lowest BCUT2D eigenvalue weighted by molar-refractivity contribution is 0.101. The average Bonchev–Trinajstić information content (AvgIpc) is 2.81. The Labute approximate surface area is 195 Å². The van der Waals surface area contributed by atoms with Crippen molar-refractivity contribution in [1.29, 1.82) is 0 Å². The van der Waals surface area contributed by atoms with Crippen molar-refractivity contribution in [2.75, 3.05) is 16.4 Å². The predicted molar refractivity (Wildman–Crippen MR) is 129 cm³/mol. The van der Waals surface area contributed by atoms with Gasteiger partial charge in [-0.05, 0) is 60.5 Å². The fourth-order valence-corrected chi connectivity index (χ4v) is 3.37. The van der Waals surface area contributed by atoms with E-state index >= 15 is 0 Å². The number of amides is 2.